The summed E-state index contributed by atoms with van der Waals surface area (Å²) in [5.41, 5.74) is 0. The molecular weight excluding hydrogens is 306 g/mol. The number of carbonyl (C=O) groups excluding carboxylic acids is 1. The highest BCUT2D eigenvalue weighted by Gasteiger charge is 2.22. The number of nitrogens with one attached hydrogen (secondary N) is 1. The van der Waals surface area contributed by atoms with Gasteiger partial charge in [0.25, 0.3) is 0 Å². The number of hydrogen-bond acceptors (Lipinski definition) is 5. The second kappa shape index (κ2) is 7.57. The molecular formula is C16H25N7O. The van der Waals surface area contributed by atoms with Crippen LogP contribution in [0.2, 0.25) is 0 Å². The van der Waals surface area contributed by atoms with Crippen molar-refractivity contribution in [3.63, 3.8) is 0 Å². The molecule has 3 rings (SSSR count). The van der Waals surface area contributed by atoms with Crippen molar-refractivity contribution in [2.75, 3.05) is 25.0 Å². The lowest BCUT2D eigenvalue weighted by Crippen LogP contribution is -2.41. The molecule has 0 aromatic carbocycles. The molecule has 1 aliphatic rings. The minimum Gasteiger partial charge on any atom is -0.310 e. The Morgan fingerprint density at radius 3 is 3.04 bits per heavy atom. The summed E-state index contributed by atoms with van der Waals surface area (Å²) in [4.78, 5) is 18.6. The van der Waals surface area contributed by atoms with E-state index in [2.05, 4.69) is 25.4 Å². The van der Waals surface area contributed by atoms with Gasteiger partial charge in [-0.3, -0.25) is 14.4 Å². The molecule has 8 heteroatoms. The van der Waals surface area contributed by atoms with E-state index in [-0.39, 0.29) is 11.9 Å². The summed E-state index contributed by atoms with van der Waals surface area (Å²) >= 11 is 0. The maximum absolute atomic E-state index is 12.4. The predicted octanol–water partition coefficient (Wildman–Crippen LogP) is 1.41. The first kappa shape index (κ1) is 16.6. The quantitative estimate of drug-likeness (QED) is 0.865. The average Bonchev–Trinajstić information content (AvgIpc) is 3.19. The van der Waals surface area contributed by atoms with Gasteiger partial charge in [0.2, 0.25) is 5.91 Å². The monoisotopic (exact) mass is 331 g/mol. The van der Waals surface area contributed by atoms with E-state index >= 15 is 0 Å². The molecule has 130 valence electrons. The van der Waals surface area contributed by atoms with Crippen molar-refractivity contribution >= 4 is 11.7 Å². The number of amides is 1. The number of piperidine rings is 1. The highest BCUT2D eigenvalue weighted by atomic mass is 16.2. The van der Waals surface area contributed by atoms with Gasteiger partial charge in [0, 0.05) is 25.2 Å². The third kappa shape index (κ3) is 4.19. The molecule has 1 unspecified atom stereocenters. The van der Waals surface area contributed by atoms with Crippen molar-refractivity contribution in [1.29, 1.82) is 0 Å². The zero-order valence-corrected chi connectivity index (χ0v) is 14.3. The molecule has 1 fully saturated rings. The molecule has 1 atom stereocenters. The summed E-state index contributed by atoms with van der Waals surface area (Å²) in [6, 6.07) is 2.05. The standard InChI is InChI=1S/C16H25N7O/c1-13(2)23-15(5-6-18-23)20-16(24)10-21-7-3-4-14(8-21)9-22-12-17-11-19-22/h5-6,11-14H,3-4,7-10H2,1-2H3,(H,20,24). The summed E-state index contributed by atoms with van der Waals surface area (Å²) in [6.45, 7) is 7.24. The first-order valence-corrected chi connectivity index (χ1v) is 8.50. The summed E-state index contributed by atoms with van der Waals surface area (Å²) in [6.07, 6.45) is 7.30. The fraction of sp³-hybridized carbons (Fsp3) is 0.625. The van der Waals surface area contributed by atoms with Crippen LogP contribution in [0.15, 0.2) is 24.9 Å². The van der Waals surface area contributed by atoms with Gasteiger partial charge in [0.05, 0.1) is 12.7 Å². The SMILES string of the molecule is CC(C)n1nccc1NC(=O)CN1CCCC(Cn2cncn2)C1. The summed E-state index contributed by atoms with van der Waals surface area (Å²) in [5, 5.41) is 11.4. The van der Waals surface area contributed by atoms with E-state index < -0.39 is 0 Å². The van der Waals surface area contributed by atoms with E-state index in [9.17, 15) is 4.79 Å². The van der Waals surface area contributed by atoms with E-state index in [1.807, 2.05) is 29.3 Å². The number of carbonyl (C=O) groups is 1. The van der Waals surface area contributed by atoms with Crippen molar-refractivity contribution in [3.8, 4) is 0 Å². The number of aromatic nitrogens is 5. The Balaban J connectivity index is 1.51. The number of nitrogens with zero attached hydrogens (tertiary/aromatic N) is 6. The lowest BCUT2D eigenvalue weighted by atomic mass is 9.98. The Morgan fingerprint density at radius 1 is 1.42 bits per heavy atom. The van der Waals surface area contributed by atoms with Gasteiger partial charge in [-0.15, -0.1) is 0 Å². The van der Waals surface area contributed by atoms with Crippen LogP contribution >= 0.6 is 0 Å². The van der Waals surface area contributed by atoms with Gasteiger partial charge < -0.3 is 5.32 Å². The van der Waals surface area contributed by atoms with Gasteiger partial charge in [0.1, 0.15) is 18.5 Å². The predicted molar refractivity (Wildman–Crippen MR) is 90.4 cm³/mol. The molecule has 0 aliphatic carbocycles. The number of likely N-dealkylation sites (tertiary alicyclic amines) is 1. The third-order valence-corrected chi connectivity index (χ3v) is 4.31. The fourth-order valence-electron chi connectivity index (χ4n) is 3.25. The molecule has 1 N–H and O–H groups in total. The minimum atomic E-state index is 0.0128. The molecule has 1 saturated heterocycles. The number of rotatable bonds is 6. The van der Waals surface area contributed by atoms with E-state index in [1.165, 1.54) is 0 Å². The van der Waals surface area contributed by atoms with Crippen molar-refractivity contribution in [2.45, 2.75) is 39.3 Å². The van der Waals surface area contributed by atoms with Gasteiger partial charge >= 0.3 is 0 Å². The van der Waals surface area contributed by atoms with Crippen LogP contribution in [0.3, 0.4) is 0 Å². The maximum Gasteiger partial charge on any atom is 0.239 e. The van der Waals surface area contributed by atoms with Crippen molar-refractivity contribution in [1.82, 2.24) is 29.4 Å². The fourth-order valence-corrected chi connectivity index (χ4v) is 3.25. The van der Waals surface area contributed by atoms with E-state index in [0.29, 0.717) is 12.5 Å². The van der Waals surface area contributed by atoms with Crippen molar-refractivity contribution in [2.24, 2.45) is 5.92 Å². The van der Waals surface area contributed by atoms with Crippen LogP contribution < -0.4 is 5.32 Å². The van der Waals surface area contributed by atoms with E-state index in [1.54, 1.807) is 18.9 Å². The van der Waals surface area contributed by atoms with Gasteiger partial charge in [-0.2, -0.15) is 10.2 Å². The lowest BCUT2D eigenvalue weighted by molar-refractivity contribution is -0.117. The lowest BCUT2D eigenvalue weighted by Gasteiger charge is -2.32. The first-order valence-electron chi connectivity index (χ1n) is 8.50. The van der Waals surface area contributed by atoms with E-state index in [0.717, 1.165) is 38.3 Å². The second-order valence-electron chi connectivity index (χ2n) is 6.66. The average molecular weight is 331 g/mol. The molecule has 24 heavy (non-hydrogen) atoms. The number of hydrogen-bond donors (Lipinski definition) is 1. The van der Waals surface area contributed by atoms with Gasteiger partial charge in [-0.05, 0) is 39.2 Å². The molecule has 2 aromatic heterocycles. The zero-order chi connectivity index (χ0) is 16.9. The van der Waals surface area contributed by atoms with Gasteiger partial charge in [-0.1, -0.05) is 0 Å². The molecule has 0 bridgehead atoms. The highest BCUT2D eigenvalue weighted by Crippen LogP contribution is 2.18. The van der Waals surface area contributed by atoms with E-state index in [4.69, 9.17) is 0 Å². The molecule has 2 aromatic rings. The Kier molecular flexibility index (Phi) is 5.24. The highest BCUT2D eigenvalue weighted by molar-refractivity contribution is 5.91. The topological polar surface area (TPSA) is 80.9 Å². The molecule has 1 aliphatic heterocycles. The van der Waals surface area contributed by atoms with Crippen molar-refractivity contribution < 1.29 is 4.79 Å². The van der Waals surface area contributed by atoms with Crippen LogP contribution in [0.1, 0.15) is 32.7 Å². The second-order valence-corrected chi connectivity index (χ2v) is 6.66. The molecule has 3 heterocycles. The summed E-state index contributed by atoms with van der Waals surface area (Å²) in [7, 11) is 0. The Bertz CT molecular complexity index is 649. The molecule has 0 radical (unpaired) electrons. The van der Waals surface area contributed by atoms with Gasteiger partial charge in [0.15, 0.2) is 0 Å². The van der Waals surface area contributed by atoms with Gasteiger partial charge in [-0.25, -0.2) is 9.67 Å². The van der Waals surface area contributed by atoms with Crippen LogP contribution in [0.5, 0.6) is 0 Å². The van der Waals surface area contributed by atoms with Crippen LogP contribution in [0.25, 0.3) is 0 Å². The largest absolute Gasteiger partial charge is 0.310 e. The van der Waals surface area contributed by atoms with Crippen molar-refractivity contribution in [3.05, 3.63) is 24.9 Å². The minimum absolute atomic E-state index is 0.0128. The maximum atomic E-state index is 12.4. The first-order chi connectivity index (χ1) is 11.6. The molecule has 0 saturated carbocycles. The Hall–Kier alpha value is -2.22. The zero-order valence-electron chi connectivity index (χ0n) is 14.3. The van der Waals surface area contributed by atoms with Crippen LogP contribution in [0.4, 0.5) is 5.82 Å². The van der Waals surface area contributed by atoms with Crippen LogP contribution in [-0.4, -0.2) is 55.0 Å². The number of anilines is 1. The smallest absolute Gasteiger partial charge is 0.239 e. The third-order valence-electron chi connectivity index (χ3n) is 4.31. The molecule has 1 amide bonds. The Morgan fingerprint density at radius 2 is 2.29 bits per heavy atom. The summed E-state index contributed by atoms with van der Waals surface area (Å²) < 4.78 is 3.69. The van der Waals surface area contributed by atoms with Crippen LogP contribution in [-0.2, 0) is 11.3 Å². The molecule has 0 spiro atoms. The summed E-state index contributed by atoms with van der Waals surface area (Å²) in [5.74, 6) is 1.28. The molecule has 8 nitrogen and oxygen atoms in total. The Labute approximate surface area is 141 Å². The normalized spacial score (nSPS) is 18.9. The van der Waals surface area contributed by atoms with Crippen LogP contribution in [0, 0.1) is 5.92 Å².